The van der Waals surface area contributed by atoms with E-state index in [0.717, 1.165) is 81.3 Å². The molecule has 0 radical (unpaired) electrons. The number of ether oxygens (including phenoxy) is 1. The number of amides is 4. The molecule has 2 N–H and O–H groups in total. The number of alkyl halides is 3. The fraction of sp³-hybridized carbons (Fsp3) is 0.421. The number of aromatic nitrogens is 5. The van der Waals surface area contributed by atoms with E-state index in [-0.39, 0.29) is 24.1 Å². The Morgan fingerprint density at radius 3 is 2.56 bits per heavy atom. The first-order chi connectivity index (χ1) is 26.0. The first-order valence-electron chi connectivity index (χ1n) is 18.3. The van der Waals surface area contributed by atoms with Crippen molar-refractivity contribution in [2.75, 3.05) is 43.5 Å². The van der Waals surface area contributed by atoms with Crippen molar-refractivity contribution in [1.29, 1.82) is 0 Å². The Kier molecular flexibility index (Phi) is 9.46. The number of carbonyl (C=O) groups is 3. The zero-order chi connectivity index (χ0) is 37.6. The van der Waals surface area contributed by atoms with Crippen molar-refractivity contribution in [3.63, 3.8) is 0 Å². The van der Waals surface area contributed by atoms with Crippen molar-refractivity contribution in [3.8, 4) is 5.75 Å². The number of imidazole rings is 1. The number of nitrogens with zero attached hydrogens (tertiary/aromatic N) is 7. The van der Waals surface area contributed by atoms with Gasteiger partial charge in [-0.3, -0.25) is 28.9 Å². The largest absolute Gasteiger partial charge is 0.494 e. The molecule has 0 bridgehead atoms. The van der Waals surface area contributed by atoms with Gasteiger partial charge in [-0.2, -0.15) is 18.3 Å². The smallest absolute Gasteiger partial charge is 0.433 e. The van der Waals surface area contributed by atoms with Crippen LogP contribution in [0, 0.1) is 5.92 Å². The van der Waals surface area contributed by atoms with Crippen LogP contribution < -0.4 is 20.3 Å². The van der Waals surface area contributed by atoms with Crippen LogP contribution in [0.4, 0.5) is 29.5 Å². The molecule has 0 atom stereocenters. The minimum absolute atomic E-state index is 0.231. The number of urea groups is 1. The number of carbonyl (C=O) groups excluding carboxylic acids is 3. The van der Waals surface area contributed by atoms with Crippen molar-refractivity contribution < 1.29 is 32.3 Å². The maximum absolute atomic E-state index is 13.2. The van der Waals surface area contributed by atoms with Crippen molar-refractivity contribution in [1.82, 2.24) is 34.4 Å². The fourth-order valence-electron chi connectivity index (χ4n) is 8.14. The second kappa shape index (κ2) is 14.4. The number of hydrogen-bond acceptors (Lipinski definition) is 8. The molecule has 2 aliphatic heterocycles. The Morgan fingerprint density at radius 1 is 1.02 bits per heavy atom. The summed E-state index contributed by atoms with van der Waals surface area (Å²) >= 11 is 0. The zero-order valence-electron chi connectivity index (χ0n) is 29.7. The second-order valence-electron chi connectivity index (χ2n) is 14.4. The summed E-state index contributed by atoms with van der Waals surface area (Å²) in [5, 5.41) is 10.7. The van der Waals surface area contributed by atoms with Gasteiger partial charge >= 0.3 is 12.2 Å². The molecule has 3 fully saturated rings. The van der Waals surface area contributed by atoms with Gasteiger partial charge < -0.3 is 15.0 Å². The van der Waals surface area contributed by atoms with Gasteiger partial charge in [0.25, 0.3) is 5.91 Å². The number of pyridine rings is 2. The molecule has 3 aliphatic rings. The molecular weight excluding hydrogens is 703 g/mol. The van der Waals surface area contributed by atoms with Gasteiger partial charge in [0.15, 0.2) is 0 Å². The third-order valence-corrected chi connectivity index (χ3v) is 11.0. The van der Waals surface area contributed by atoms with Gasteiger partial charge in [-0.25, -0.2) is 14.8 Å². The van der Waals surface area contributed by atoms with Gasteiger partial charge in [0.2, 0.25) is 5.91 Å². The summed E-state index contributed by atoms with van der Waals surface area (Å²) in [5.74, 6) is 0.929. The summed E-state index contributed by atoms with van der Waals surface area (Å²) in [7, 11) is 1.46. The van der Waals surface area contributed by atoms with Crippen LogP contribution in [0.2, 0.25) is 0 Å². The maximum Gasteiger partial charge on any atom is 0.433 e. The van der Waals surface area contributed by atoms with Crippen LogP contribution >= 0.6 is 0 Å². The number of fused-ring (bicyclic) bond motifs is 2. The molecule has 16 heteroatoms. The van der Waals surface area contributed by atoms with Gasteiger partial charge in [-0.05, 0) is 93.3 Å². The predicted octanol–water partition coefficient (Wildman–Crippen LogP) is 6.42. The monoisotopic (exact) mass is 743 g/mol. The van der Waals surface area contributed by atoms with Crippen LogP contribution in [0.25, 0.3) is 16.6 Å². The molecule has 4 amide bonds. The quantitative estimate of drug-likeness (QED) is 0.186. The summed E-state index contributed by atoms with van der Waals surface area (Å²) in [5.41, 5.74) is 1.56. The molecule has 0 spiro atoms. The summed E-state index contributed by atoms with van der Waals surface area (Å²) < 4.78 is 48.9. The molecule has 6 heterocycles. The average molecular weight is 744 g/mol. The van der Waals surface area contributed by atoms with E-state index in [4.69, 9.17) is 14.8 Å². The number of methoxy groups -OCH3 is 1. The van der Waals surface area contributed by atoms with E-state index in [1.807, 2.05) is 27.5 Å². The Labute approximate surface area is 308 Å². The van der Waals surface area contributed by atoms with Crippen molar-refractivity contribution in [2.45, 2.75) is 63.1 Å². The highest BCUT2D eigenvalue weighted by Gasteiger charge is 2.33. The van der Waals surface area contributed by atoms with Crippen LogP contribution in [-0.4, -0.2) is 80.2 Å². The number of likely N-dealkylation sites (tertiary alicyclic amines) is 1. The SMILES string of the molecule is COc1cc2nn([C@H]3CC[C@H](CN4CCC(c5cccn6c(N7CCC(=O)NC7=O)cnc56)CC4)CC3)cc2cc1NC(=O)c1cccc(C(F)(F)F)n1. The lowest BCUT2D eigenvalue weighted by atomic mass is 9.84. The van der Waals surface area contributed by atoms with E-state index >= 15 is 0 Å². The Hall–Kier alpha value is -5.51. The van der Waals surface area contributed by atoms with Crippen LogP contribution in [0.5, 0.6) is 5.75 Å². The first-order valence-corrected chi connectivity index (χ1v) is 18.3. The topological polar surface area (TPSA) is 139 Å². The summed E-state index contributed by atoms with van der Waals surface area (Å²) in [4.78, 5) is 49.4. The Morgan fingerprint density at radius 2 is 1.81 bits per heavy atom. The minimum atomic E-state index is -4.66. The zero-order valence-corrected chi connectivity index (χ0v) is 29.7. The normalized spacial score (nSPS) is 20.4. The number of piperidine rings is 1. The van der Waals surface area contributed by atoms with Gasteiger partial charge in [0.05, 0.1) is 30.6 Å². The lowest BCUT2D eigenvalue weighted by Gasteiger charge is -2.36. The van der Waals surface area contributed by atoms with Gasteiger partial charge in [0, 0.05) is 43.4 Å². The van der Waals surface area contributed by atoms with Crippen LogP contribution in [0.15, 0.2) is 61.1 Å². The van der Waals surface area contributed by atoms with Gasteiger partial charge in [-0.15, -0.1) is 0 Å². The molecule has 8 rings (SSSR count). The van der Waals surface area contributed by atoms with Gasteiger partial charge in [-0.1, -0.05) is 12.1 Å². The standard InChI is InChI=1S/C38H40F3N9O4/c1-54-31-19-29-25(18-30(31)44-36(52)28-5-2-6-32(43-28)38(39,40)41)22-50(46-29)26-9-7-23(8-10-26)21-47-15-11-24(12-16-47)27-4-3-14-48-34(20-42-35(27)48)49-17-13-33(51)45-37(49)53/h2-6,14,18-20,22-24,26H,7-13,15-17,21H2,1H3,(H,44,52)(H,45,51,53)/t23-,26-. The number of rotatable bonds is 8. The molecular formula is C38H40F3N9O4. The fourth-order valence-corrected chi connectivity index (χ4v) is 8.14. The first kappa shape index (κ1) is 35.5. The van der Waals surface area contributed by atoms with E-state index in [1.165, 1.54) is 18.7 Å². The summed E-state index contributed by atoms with van der Waals surface area (Å²) in [6, 6.07) is 10.6. The maximum atomic E-state index is 13.2. The average Bonchev–Trinajstić information content (AvgIpc) is 3.79. The summed E-state index contributed by atoms with van der Waals surface area (Å²) in [6.07, 6.45) is 7.38. The number of hydrogen-bond donors (Lipinski definition) is 2. The highest BCUT2D eigenvalue weighted by atomic mass is 19.4. The third kappa shape index (κ3) is 7.09. The van der Waals surface area contributed by atoms with Crippen molar-refractivity contribution in [3.05, 3.63) is 78.0 Å². The summed E-state index contributed by atoms with van der Waals surface area (Å²) in [6.45, 7) is 3.40. The van der Waals surface area contributed by atoms with Crippen LogP contribution in [0.3, 0.4) is 0 Å². The van der Waals surface area contributed by atoms with Crippen molar-refractivity contribution in [2.24, 2.45) is 5.92 Å². The van der Waals surface area contributed by atoms with Gasteiger partial charge in [0.1, 0.15) is 28.6 Å². The Bertz CT molecular complexity index is 2220. The molecule has 13 nitrogen and oxygen atoms in total. The lowest BCUT2D eigenvalue weighted by Crippen LogP contribution is -2.50. The molecule has 282 valence electrons. The van der Waals surface area contributed by atoms with E-state index < -0.39 is 23.8 Å². The van der Waals surface area contributed by atoms with E-state index in [0.29, 0.717) is 41.2 Å². The molecule has 1 saturated carbocycles. The van der Waals surface area contributed by atoms with Crippen LogP contribution in [0.1, 0.15) is 78.7 Å². The molecule has 2 saturated heterocycles. The molecule has 0 unspecified atom stereocenters. The number of nitrogens with one attached hydrogen (secondary N) is 2. The predicted molar refractivity (Wildman–Crippen MR) is 194 cm³/mol. The van der Waals surface area contributed by atoms with Crippen LogP contribution in [-0.2, 0) is 11.0 Å². The highest BCUT2D eigenvalue weighted by molar-refractivity contribution is 6.06. The number of imide groups is 1. The molecule has 1 aromatic carbocycles. The number of benzene rings is 1. The second-order valence-corrected chi connectivity index (χ2v) is 14.4. The van der Waals surface area contributed by atoms with E-state index in [2.05, 4.69) is 26.6 Å². The molecule has 5 aromatic rings. The lowest BCUT2D eigenvalue weighted by molar-refractivity contribution is -0.141. The highest BCUT2D eigenvalue weighted by Crippen LogP contribution is 2.37. The molecule has 54 heavy (non-hydrogen) atoms. The molecule has 4 aromatic heterocycles. The molecule has 1 aliphatic carbocycles. The van der Waals surface area contributed by atoms with E-state index in [9.17, 15) is 27.6 Å². The van der Waals surface area contributed by atoms with Crippen molar-refractivity contribution >= 4 is 45.9 Å². The minimum Gasteiger partial charge on any atom is -0.494 e. The third-order valence-electron chi connectivity index (χ3n) is 11.0. The number of anilines is 2. The van der Waals surface area contributed by atoms with E-state index in [1.54, 1.807) is 23.2 Å². The number of halogens is 3. The Balaban J connectivity index is 0.859.